The summed E-state index contributed by atoms with van der Waals surface area (Å²) in [7, 11) is 0. The number of alkyl halides is 3. The molecule has 2 aromatic carbocycles. The van der Waals surface area contributed by atoms with Crippen molar-refractivity contribution in [2.24, 2.45) is 0 Å². The van der Waals surface area contributed by atoms with Crippen molar-refractivity contribution in [1.82, 2.24) is 4.90 Å². The Morgan fingerprint density at radius 2 is 1.70 bits per heavy atom. The quantitative estimate of drug-likeness (QED) is 0.506. The molecule has 5 nitrogen and oxygen atoms in total. The Labute approximate surface area is 199 Å². The zero-order valence-corrected chi connectivity index (χ0v) is 19.6. The molecule has 0 amide bonds. The smallest absolute Gasteiger partial charge is 0.416 e. The molecule has 0 aromatic heterocycles. The van der Waals surface area contributed by atoms with E-state index >= 15 is 0 Å². The van der Waals surface area contributed by atoms with Crippen LogP contribution in [0.15, 0.2) is 48.5 Å². The van der Waals surface area contributed by atoms with Crippen molar-refractivity contribution in [2.45, 2.75) is 25.6 Å². The summed E-state index contributed by atoms with van der Waals surface area (Å²) in [4.78, 5) is 4.04. The third kappa shape index (κ3) is 8.70. The van der Waals surface area contributed by atoms with Crippen molar-refractivity contribution in [3.8, 4) is 5.75 Å². The highest BCUT2D eigenvalue weighted by Gasteiger charge is 2.31. The van der Waals surface area contributed by atoms with Crippen molar-refractivity contribution in [3.63, 3.8) is 0 Å². The second kappa shape index (κ2) is 13.0. The van der Waals surface area contributed by atoms with Crippen molar-refractivity contribution in [1.29, 1.82) is 0 Å². The van der Waals surface area contributed by atoms with E-state index in [1.165, 1.54) is 17.7 Å². The maximum atomic E-state index is 12.9. The summed E-state index contributed by atoms with van der Waals surface area (Å²) in [5, 5.41) is 10.2. The Morgan fingerprint density at radius 3 is 2.33 bits per heavy atom. The number of ether oxygens (including phenoxy) is 2. The van der Waals surface area contributed by atoms with Crippen molar-refractivity contribution in [2.75, 3.05) is 57.4 Å². The van der Waals surface area contributed by atoms with E-state index in [1.807, 2.05) is 29.2 Å². The lowest BCUT2D eigenvalue weighted by atomic mass is 10.1. The van der Waals surface area contributed by atoms with Crippen LogP contribution in [-0.2, 0) is 17.3 Å². The van der Waals surface area contributed by atoms with Gasteiger partial charge in [-0.2, -0.15) is 13.2 Å². The van der Waals surface area contributed by atoms with Crippen LogP contribution in [0.5, 0.6) is 5.75 Å². The first-order valence-electron chi connectivity index (χ1n) is 11.0. The van der Waals surface area contributed by atoms with Gasteiger partial charge in [-0.15, -0.1) is 12.4 Å². The summed E-state index contributed by atoms with van der Waals surface area (Å²) in [6.45, 7) is 6.14. The van der Waals surface area contributed by atoms with E-state index in [0.29, 0.717) is 51.6 Å². The number of anilines is 1. The lowest BCUT2D eigenvalue weighted by molar-refractivity contribution is -0.137. The van der Waals surface area contributed by atoms with Gasteiger partial charge in [0.25, 0.3) is 0 Å². The molecule has 1 N–H and O–H groups in total. The molecule has 1 aliphatic rings. The molecule has 33 heavy (non-hydrogen) atoms. The first-order valence-corrected chi connectivity index (χ1v) is 11.0. The number of hydrogen-bond donors (Lipinski definition) is 1. The molecule has 1 atom stereocenters. The molecule has 0 spiro atoms. The van der Waals surface area contributed by atoms with Crippen LogP contribution in [0.25, 0.3) is 0 Å². The number of halogens is 4. The van der Waals surface area contributed by atoms with Gasteiger partial charge in [0, 0.05) is 38.4 Å². The van der Waals surface area contributed by atoms with Crippen LogP contribution < -0.4 is 9.64 Å². The van der Waals surface area contributed by atoms with E-state index in [0.717, 1.165) is 18.2 Å². The highest BCUT2D eigenvalue weighted by Crippen LogP contribution is 2.31. The van der Waals surface area contributed by atoms with E-state index in [1.54, 1.807) is 6.07 Å². The monoisotopic (exact) mass is 488 g/mol. The largest absolute Gasteiger partial charge is 0.491 e. The minimum Gasteiger partial charge on any atom is -0.491 e. The average Bonchev–Trinajstić information content (AvgIpc) is 2.79. The lowest BCUT2D eigenvalue weighted by Crippen LogP contribution is -2.49. The number of aliphatic hydroxyl groups excluding tert-OH is 1. The van der Waals surface area contributed by atoms with E-state index in [4.69, 9.17) is 9.47 Å². The third-order valence-electron chi connectivity index (χ3n) is 5.52. The first kappa shape index (κ1) is 27.2. The number of nitrogens with zero attached hydrogens (tertiary/aromatic N) is 2. The summed E-state index contributed by atoms with van der Waals surface area (Å²) in [6, 6.07) is 13.4. The maximum absolute atomic E-state index is 12.9. The molecular weight excluding hydrogens is 457 g/mol. The number of piperazine rings is 1. The molecule has 9 heteroatoms. The Hall–Kier alpha value is -2.00. The molecule has 1 saturated heterocycles. The Morgan fingerprint density at radius 1 is 1.00 bits per heavy atom. The van der Waals surface area contributed by atoms with Crippen LogP contribution in [0, 0.1) is 0 Å². The fraction of sp³-hybridized carbons (Fsp3) is 0.500. The molecule has 0 aliphatic carbocycles. The lowest BCUT2D eigenvalue weighted by Gasteiger charge is -2.37. The number of benzene rings is 2. The molecule has 0 saturated carbocycles. The van der Waals surface area contributed by atoms with Gasteiger partial charge in [0.1, 0.15) is 12.4 Å². The summed E-state index contributed by atoms with van der Waals surface area (Å²) >= 11 is 0. The molecule has 1 heterocycles. The number of hydrogen-bond acceptors (Lipinski definition) is 5. The number of β-amino-alcohol motifs (C(OH)–C–C–N with tert-alkyl or cyclic N) is 1. The summed E-state index contributed by atoms with van der Waals surface area (Å²) in [5.41, 5.74) is 1.20. The average molecular weight is 489 g/mol. The molecular formula is C24H32ClF3N2O3. The van der Waals surface area contributed by atoms with Gasteiger partial charge in [0.05, 0.1) is 24.9 Å². The SMILES string of the molecule is CCc1ccc(OCCOCC(O)CN2CCN(c3cccc(C(F)(F)F)c3)CC2)cc1.Cl. The van der Waals surface area contributed by atoms with E-state index < -0.39 is 17.8 Å². The fourth-order valence-corrected chi connectivity index (χ4v) is 3.68. The minimum atomic E-state index is -4.34. The van der Waals surface area contributed by atoms with Gasteiger partial charge in [-0.1, -0.05) is 25.1 Å². The Balaban J connectivity index is 0.00000385. The highest BCUT2D eigenvalue weighted by atomic mass is 35.5. The summed E-state index contributed by atoms with van der Waals surface area (Å²) < 4.78 is 49.9. The molecule has 184 valence electrons. The molecule has 2 aromatic rings. The third-order valence-corrected chi connectivity index (χ3v) is 5.52. The van der Waals surface area contributed by atoms with Gasteiger partial charge in [-0.25, -0.2) is 0 Å². The van der Waals surface area contributed by atoms with E-state index in [2.05, 4.69) is 11.8 Å². The van der Waals surface area contributed by atoms with Crippen LogP contribution in [0.4, 0.5) is 18.9 Å². The van der Waals surface area contributed by atoms with Gasteiger partial charge in [-0.05, 0) is 42.3 Å². The van der Waals surface area contributed by atoms with E-state index in [-0.39, 0.29) is 19.0 Å². The van der Waals surface area contributed by atoms with Gasteiger partial charge in [-0.3, -0.25) is 4.90 Å². The Kier molecular flexibility index (Phi) is 10.8. The predicted octanol–water partition coefficient (Wildman–Crippen LogP) is 4.27. The number of rotatable bonds is 10. The van der Waals surface area contributed by atoms with Crippen molar-refractivity contribution < 1.29 is 27.8 Å². The number of aliphatic hydroxyl groups is 1. The van der Waals surface area contributed by atoms with Gasteiger partial charge >= 0.3 is 6.18 Å². The zero-order valence-electron chi connectivity index (χ0n) is 18.8. The van der Waals surface area contributed by atoms with E-state index in [9.17, 15) is 18.3 Å². The van der Waals surface area contributed by atoms with Crippen molar-refractivity contribution in [3.05, 3.63) is 59.7 Å². The normalized spacial score (nSPS) is 15.7. The van der Waals surface area contributed by atoms with Gasteiger partial charge < -0.3 is 19.5 Å². The van der Waals surface area contributed by atoms with Crippen LogP contribution in [-0.4, -0.2) is 68.7 Å². The van der Waals surface area contributed by atoms with Crippen LogP contribution >= 0.6 is 12.4 Å². The summed E-state index contributed by atoms with van der Waals surface area (Å²) in [6.07, 6.45) is -3.98. The zero-order chi connectivity index (χ0) is 23.0. The number of aryl methyl sites for hydroxylation is 1. The second-order valence-electron chi connectivity index (χ2n) is 7.91. The molecule has 0 radical (unpaired) electrons. The van der Waals surface area contributed by atoms with Gasteiger partial charge in [0.2, 0.25) is 0 Å². The predicted molar refractivity (Wildman–Crippen MR) is 125 cm³/mol. The standard InChI is InChI=1S/C24H31F3N2O3.ClH/c1-2-19-6-8-23(9-7-19)32-15-14-31-18-22(30)17-28-10-12-29(13-11-28)21-5-3-4-20(16-21)24(25,26)27;/h3-9,16,22,30H,2,10-15,17-18H2,1H3;1H. The second-order valence-corrected chi connectivity index (χ2v) is 7.91. The van der Waals surface area contributed by atoms with Crippen molar-refractivity contribution >= 4 is 18.1 Å². The highest BCUT2D eigenvalue weighted by molar-refractivity contribution is 5.85. The molecule has 3 rings (SSSR count). The van der Waals surface area contributed by atoms with Crippen LogP contribution in [0.1, 0.15) is 18.1 Å². The molecule has 1 aliphatic heterocycles. The van der Waals surface area contributed by atoms with Gasteiger partial charge in [0.15, 0.2) is 0 Å². The molecule has 1 unspecified atom stereocenters. The fourth-order valence-electron chi connectivity index (χ4n) is 3.68. The minimum absolute atomic E-state index is 0. The van der Waals surface area contributed by atoms with Crippen LogP contribution in [0.3, 0.4) is 0 Å². The Bertz CT molecular complexity index is 828. The summed E-state index contributed by atoms with van der Waals surface area (Å²) in [5.74, 6) is 0.796. The molecule has 0 bridgehead atoms. The maximum Gasteiger partial charge on any atom is 0.416 e. The molecule has 1 fully saturated rings. The topological polar surface area (TPSA) is 45.2 Å². The van der Waals surface area contributed by atoms with Crippen LogP contribution in [0.2, 0.25) is 0 Å². The first-order chi connectivity index (χ1) is 15.3.